The Morgan fingerprint density at radius 2 is 0.810 bits per heavy atom. The van der Waals surface area contributed by atoms with Gasteiger partial charge in [0.25, 0.3) is 0 Å². The molecular weight excluding hydrogens is 728 g/mol. The summed E-state index contributed by atoms with van der Waals surface area (Å²) in [7, 11) is 0. The van der Waals surface area contributed by atoms with Crippen molar-refractivity contribution in [2.24, 2.45) is 0 Å². The summed E-state index contributed by atoms with van der Waals surface area (Å²) in [5, 5.41) is 4.12. The maximum atomic E-state index is 15.3. The predicted octanol–water partition coefficient (Wildman–Crippen LogP) is 15.8. The highest BCUT2D eigenvalue weighted by Crippen LogP contribution is 2.45. The van der Waals surface area contributed by atoms with Gasteiger partial charge in [-0.3, -0.25) is 0 Å². The maximum Gasteiger partial charge on any atom is 0.133 e. The lowest BCUT2D eigenvalue weighted by molar-refractivity contribution is 0.640. The average molecular weight is 763 g/mol. The molecule has 11 aromatic rings. The number of thiophene rings is 1. The van der Waals surface area contributed by atoms with Crippen molar-refractivity contribution in [1.82, 2.24) is 4.57 Å². The van der Waals surface area contributed by atoms with Crippen LogP contribution in [0.4, 0.5) is 21.5 Å². The van der Waals surface area contributed by atoms with Crippen molar-refractivity contribution < 1.29 is 4.39 Å². The second kappa shape index (κ2) is 14.0. The van der Waals surface area contributed by atoms with Crippen molar-refractivity contribution in [3.63, 3.8) is 0 Å². The van der Waals surface area contributed by atoms with Crippen LogP contribution in [0.2, 0.25) is 0 Å². The number of nitrogens with zero attached hydrogens (tertiary/aromatic N) is 2. The molecule has 0 aliphatic rings. The molecule has 0 bridgehead atoms. The minimum atomic E-state index is -0.210. The third-order valence-electron chi connectivity index (χ3n) is 11.3. The summed E-state index contributed by atoms with van der Waals surface area (Å²) in [4.78, 5) is 2.31. The van der Waals surface area contributed by atoms with E-state index < -0.39 is 0 Å². The highest BCUT2D eigenvalue weighted by molar-refractivity contribution is 7.26. The Morgan fingerprint density at radius 3 is 1.43 bits per heavy atom. The Morgan fingerprint density at radius 1 is 0.362 bits per heavy atom. The van der Waals surface area contributed by atoms with E-state index in [4.69, 9.17) is 0 Å². The van der Waals surface area contributed by atoms with Crippen molar-refractivity contribution in [3.8, 4) is 39.1 Å². The normalized spacial score (nSPS) is 11.5. The number of hydrogen-bond acceptors (Lipinski definition) is 2. The van der Waals surface area contributed by atoms with Gasteiger partial charge in [0.2, 0.25) is 0 Å². The van der Waals surface area contributed by atoms with Crippen molar-refractivity contribution in [2.75, 3.05) is 4.90 Å². The van der Waals surface area contributed by atoms with Gasteiger partial charge in [0.1, 0.15) is 5.82 Å². The van der Waals surface area contributed by atoms with Crippen molar-refractivity contribution >= 4 is 70.4 Å². The van der Waals surface area contributed by atoms with Crippen molar-refractivity contribution in [2.45, 2.75) is 0 Å². The Hall–Kier alpha value is -7.27. The van der Waals surface area contributed by atoms with E-state index in [-0.39, 0.29) is 5.82 Å². The maximum absolute atomic E-state index is 15.3. The van der Waals surface area contributed by atoms with Gasteiger partial charge in [-0.1, -0.05) is 146 Å². The SMILES string of the molecule is Fc1cccc2c1c1ccccc1n2-c1ccc(N(c2ccc(-c3ccccc3)cc2)c2ccc(-c3cccc4c3sc3c(-c5ccccc5)cccc34)cc2)cc1. The van der Waals surface area contributed by atoms with Crippen LogP contribution in [0, 0.1) is 5.82 Å². The Labute approximate surface area is 339 Å². The lowest BCUT2D eigenvalue weighted by atomic mass is 10.00. The fraction of sp³-hybridized carbons (Fsp3) is 0. The van der Waals surface area contributed by atoms with Gasteiger partial charge in [0.15, 0.2) is 0 Å². The minimum absolute atomic E-state index is 0.210. The van der Waals surface area contributed by atoms with Gasteiger partial charge < -0.3 is 9.47 Å². The van der Waals surface area contributed by atoms with Crippen LogP contribution in [0.5, 0.6) is 0 Å². The minimum Gasteiger partial charge on any atom is -0.311 e. The fourth-order valence-corrected chi connectivity index (χ4v) is 9.94. The van der Waals surface area contributed by atoms with E-state index in [1.807, 2.05) is 41.7 Å². The Kier molecular flexibility index (Phi) is 8.23. The smallest absolute Gasteiger partial charge is 0.133 e. The molecule has 0 atom stereocenters. The molecule has 0 N–H and O–H groups in total. The van der Waals surface area contributed by atoms with Crippen LogP contribution in [-0.2, 0) is 0 Å². The molecule has 2 heterocycles. The molecule has 0 aliphatic carbocycles. The van der Waals surface area contributed by atoms with Crippen LogP contribution in [-0.4, -0.2) is 4.57 Å². The lowest BCUT2D eigenvalue weighted by Gasteiger charge is -2.26. The molecule has 0 fully saturated rings. The van der Waals surface area contributed by atoms with Gasteiger partial charge in [-0.15, -0.1) is 11.3 Å². The first-order valence-corrected chi connectivity index (χ1v) is 20.4. The zero-order valence-electron chi connectivity index (χ0n) is 31.4. The summed E-state index contributed by atoms with van der Waals surface area (Å²) in [6.07, 6.45) is 0. The first-order valence-electron chi connectivity index (χ1n) is 19.5. The van der Waals surface area contributed by atoms with E-state index in [0.29, 0.717) is 5.39 Å². The molecular formula is C54H35FN2S. The molecule has 9 aromatic carbocycles. The molecule has 58 heavy (non-hydrogen) atoms. The number of anilines is 3. The summed E-state index contributed by atoms with van der Waals surface area (Å²) in [6, 6.07) is 74.2. The molecule has 0 radical (unpaired) electrons. The molecule has 0 saturated carbocycles. The van der Waals surface area contributed by atoms with Crippen LogP contribution in [0.1, 0.15) is 0 Å². The predicted molar refractivity (Wildman–Crippen MR) is 245 cm³/mol. The Balaban J connectivity index is 1.01. The molecule has 0 unspecified atom stereocenters. The lowest BCUT2D eigenvalue weighted by Crippen LogP contribution is -2.10. The van der Waals surface area contributed by atoms with Crippen LogP contribution in [0.25, 0.3) is 81.0 Å². The fourth-order valence-electron chi connectivity index (χ4n) is 8.57. The molecule has 274 valence electrons. The topological polar surface area (TPSA) is 8.17 Å². The van der Waals surface area contributed by atoms with Crippen molar-refractivity contribution in [1.29, 1.82) is 0 Å². The summed E-state index contributed by atoms with van der Waals surface area (Å²) in [5.41, 5.74) is 13.2. The van der Waals surface area contributed by atoms with Gasteiger partial charge in [0.05, 0.1) is 11.0 Å². The largest absolute Gasteiger partial charge is 0.311 e. The number of rotatable bonds is 7. The van der Waals surface area contributed by atoms with Crippen LogP contribution >= 0.6 is 11.3 Å². The standard InChI is InChI=1S/C54H35FN2S/c55-49-21-11-23-51-52(49)48-16-7-8-22-50(48)57(51)43-34-32-42(33-35-43)56(40-28-24-37(25-29-40)36-12-3-1-4-13-36)41-30-26-39(27-31-41)45-18-10-20-47-46-19-9-17-44(53(46)58-54(45)47)38-14-5-2-6-15-38/h1-35H. The molecule has 0 saturated heterocycles. The molecule has 4 heteroatoms. The number of fused-ring (bicyclic) bond motifs is 6. The Bertz CT molecular complexity index is 3260. The van der Waals surface area contributed by atoms with Gasteiger partial charge in [-0.25, -0.2) is 4.39 Å². The molecule has 2 nitrogen and oxygen atoms in total. The number of aromatic nitrogens is 1. The third-order valence-corrected chi connectivity index (χ3v) is 12.6. The van der Waals surface area contributed by atoms with Crippen LogP contribution in [0.3, 0.4) is 0 Å². The zero-order valence-corrected chi connectivity index (χ0v) is 32.2. The van der Waals surface area contributed by atoms with E-state index in [9.17, 15) is 0 Å². The molecule has 0 amide bonds. The third kappa shape index (κ3) is 5.69. The quantitative estimate of drug-likeness (QED) is 0.157. The van der Waals surface area contributed by atoms with Gasteiger partial charge in [-0.05, 0) is 100 Å². The van der Waals surface area contributed by atoms with E-state index in [1.54, 1.807) is 12.1 Å². The van der Waals surface area contributed by atoms with E-state index in [2.05, 4.69) is 179 Å². The van der Waals surface area contributed by atoms with E-state index in [0.717, 1.165) is 39.2 Å². The molecule has 2 aromatic heterocycles. The zero-order chi connectivity index (χ0) is 38.6. The summed E-state index contributed by atoms with van der Waals surface area (Å²) >= 11 is 1.88. The van der Waals surface area contributed by atoms with Gasteiger partial charge in [0, 0.05) is 53.7 Å². The number of halogens is 1. The monoisotopic (exact) mass is 762 g/mol. The first-order chi connectivity index (χ1) is 28.7. The van der Waals surface area contributed by atoms with Gasteiger partial charge >= 0.3 is 0 Å². The first kappa shape index (κ1) is 34.0. The second-order valence-corrected chi connectivity index (χ2v) is 15.7. The summed E-state index contributed by atoms with van der Waals surface area (Å²) < 4.78 is 20.0. The highest BCUT2D eigenvalue weighted by atomic mass is 32.1. The van der Waals surface area contributed by atoms with Gasteiger partial charge in [-0.2, -0.15) is 0 Å². The highest BCUT2D eigenvalue weighted by Gasteiger charge is 2.18. The second-order valence-electron chi connectivity index (χ2n) is 14.6. The molecule has 11 rings (SSSR count). The van der Waals surface area contributed by atoms with Crippen molar-refractivity contribution in [3.05, 3.63) is 218 Å². The number of benzene rings is 9. The van der Waals surface area contributed by atoms with Crippen LogP contribution in [0.15, 0.2) is 212 Å². The molecule has 0 aliphatic heterocycles. The summed E-state index contributed by atoms with van der Waals surface area (Å²) in [6.45, 7) is 0. The average Bonchev–Trinajstić information content (AvgIpc) is 3.85. The molecule has 0 spiro atoms. The van der Waals surface area contributed by atoms with E-state index >= 15 is 4.39 Å². The van der Waals surface area contributed by atoms with E-state index in [1.165, 1.54) is 53.6 Å². The number of para-hydroxylation sites is 1. The number of hydrogen-bond donors (Lipinski definition) is 0. The van der Waals surface area contributed by atoms with Crippen LogP contribution < -0.4 is 4.90 Å². The summed E-state index contributed by atoms with van der Waals surface area (Å²) in [5.74, 6) is -0.210.